The SMILES string of the molecule is CC(C)CC(NC(=O)OC(C)(C)C)C(=O)NC1CC(=O)N(C(Cc2ccccc2)C(N)=O)C1=O. The minimum atomic E-state index is -1.17. The van der Waals surface area contributed by atoms with Crippen LogP contribution in [-0.2, 0) is 30.3 Å². The van der Waals surface area contributed by atoms with Crippen LogP contribution in [0.3, 0.4) is 0 Å². The van der Waals surface area contributed by atoms with E-state index in [0.717, 1.165) is 10.5 Å². The number of nitrogens with one attached hydrogen (secondary N) is 2. The van der Waals surface area contributed by atoms with Crippen molar-refractivity contribution < 1.29 is 28.7 Å². The molecule has 1 aromatic rings. The highest BCUT2D eigenvalue weighted by molar-refractivity contribution is 6.09. The van der Waals surface area contributed by atoms with Crippen molar-refractivity contribution in [1.29, 1.82) is 0 Å². The molecule has 10 nitrogen and oxygen atoms in total. The first kappa shape index (κ1) is 26.8. The van der Waals surface area contributed by atoms with Crippen molar-refractivity contribution in [2.45, 2.75) is 77.6 Å². The van der Waals surface area contributed by atoms with Gasteiger partial charge in [-0.3, -0.25) is 24.1 Å². The molecule has 10 heteroatoms. The molecular formula is C24H34N4O6. The topological polar surface area (TPSA) is 148 Å². The molecule has 0 bridgehead atoms. The van der Waals surface area contributed by atoms with Crippen LogP contribution in [0.15, 0.2) is 30.3 Å². The molecule has 0 aliphatic carbocycles. The Morgan fingerprint density at radius 3 is 2.29 bits per heavy atom. The normalized spacial score (nSPS) is 17.9. The quantitative estimate of drug-likeness (QED) is 0.459. The summed E-state index contributed by atoms with van der Waals surface area (Å²) in [6, 6.07) is 5.58. The van der Waals surface area contributed by atoms with Gasteiger partial charge in [0, 0.05) is 6.42 Å². The van der Waals surface area contributed by atoms with Crippen molar-refractivity contribution in [2.24, 2.45) is 11.7 Å². The van der Waals surface area contributed by atoms with Gasteiger partial charge in [0.05, 0.1) is 6.42 Å². The molecule has 0 spiro atoms. The van der Waals surface area contributed by atoms with Crippen LogP contribution in [0.4, 0.5) is 4.79 Å². The summed E-state index contributed by atoms with van der Waals surface area (Å²) in [5, 5.41) is 5.08. The number of likely N-dealkylation sites (tertiary alicyclic amines) is 1. The number of hydrogen-bond acceptors (Lipinski definition) is 6. The minimum absolute atomic E-state index is 0.0493. The third-order valence-corrected chi connectivity index (χ3v) is 5.13. The average Bonchev–Trinajstić information content (AvgIpc) is 2.97. The molecule has 1 aliphatic rings. The molecule has 1 fully saturated rings. The van der Waals surface area contributed by atoms with Gasteiger partial charge in [-0.25, -0.2) is 4.79 Å². The van der Waals surface area contributed by atoms with E-state index in [0.29, 0.717) is 6.42 Å². The summed E-state index contributed by atoms with van der Waals surface area (Å²) in [6.07, 6.45) is -0.698. The molecular weight excluding hydrogens is 440 g/mol. The zero-order chi connectivity index (χ0) is 25.6. The van der Waals surface area contributed by atoms with Crippen LogP contribution in [0.1, 0.15) is 53.0 Å². The fourth-order valence-corrected chi connectivity index (χ4v) is 3.67. The summed E-state index contributed by atoms with van der Waals surface area (Å²) >= 11 is 0. The predicted octanol–water partition coefficient (Wildman–Crippen LogP) is 1.27. The number of carbonyl (C=O) groups excluding carboxylic acids is 5. The lowest BCUT2D eigenvalue weighted by Gasteiger charge is -2.26. The van der Waals surface area contributed by atoms with Gasteiger partial charge in [-0.15, -0.1) is 0 Å². The second-order valence-electron chi connectivity index (χ2n) is 9.80. The Kier molecular flexibility index (Phi) is 8.78. The standard InChI is InChI=1S/C24H34N4O6/c1-14(2)11-16(27-23(33)34-24(3,4)5)21(31)26-17-13-19(29)28(22(17)32)18(20(25)30)12-15-9-7-6-8-10-15/h6-10,14,16-18H,11-13H2,1-5H3,(H2,25,30)(H,26,31)(H,27,33). The summed E-state index contributed by atoms with van der Waals surface area (Å²) in [5.74, 6) is -2.70. The summed E-state index contributed by atoms with van der Waals surface area (Å²) in [5.41, 5.74) is 5.49. The molecule has 4 N–H and O–H groups in total. The van der Waals surface area contributed by atoms with Gasteiger partial charge in [-0.2, -0.15) is 0 Å². The Bertz CT molecular complexity index is 925. The van der Waals surface area contributed by atoms with Crippen LogP contribution in [0.5, 0.6) is 0 Å². The molecule has 1 aromatic carbocycles. The zero-order valence-electron chi connectivity index (χ0n) is 20.3. The van der Waals surface area contributed by atoms with Crippen molar-refractivity contribution in [3.63, 3.8) is 0 Å². The minimum Gasteiger partial charge on any atom is -0.444 e. The van der Waals surface area contributed by atoms with E-state index in [1.807, 2.05) is 13.8 Å². The van der Waals surface area contributed by atoms with E-state index in [1.54, 1.807) is 51.1 Å². The Morgan fingerprint density at radius 2 is 1.76 bits per heavy atom. The van der Waals surface area contributed by atoms with Crippen LogP contribution < -0.4 is 16.4 Å². The molecule has 5 amide bonds. The lowest BCUT2D eigenvalue weighted by atomic mass is 10.0. The van der Waals surface area contributed by atoms with Crippen LogP contribution in [-0.4, -0.2) is 58.3 Å². The zero-order valence-corrected chi connectivity index (χ0v) is 20.3. The second kappa shape index (κ2) is 11.1. The monoisotopic (exact) mass is 474 g/mol. The molecule has 2 rings (SSSR count). The van der Waals surface area contributed by atoms with E-state index in [4.69, 9.17) is 10.5 Å². The van der Waals surface area contributed by atoms with Crippen LogP contribution >= 0.6 is 0 Å². The predicted molar refractivity (Wildman–Crippen MR) is 124 cm³/mol. The second-order valence-corrected chi connectivity index (χ2v) is 9.80. The van der Waals surface area contributed by atoms with Gasteiger partial charge in [0.2, 0.25) is 17.7 Å². The molecule has 186 valence electrons. The third-order valence-electron chi connectivity index (χ3n) is 5.13. The third kappa shape index (κ3) is 7.57. The number of alkyl carbamates (subject to hydrolysis) is 1. The average molecular weight is 475 g/mol. The van der Waals surface area contributed by atoms with Crippen molar-refractivity contribution >= 4 is 29.7 Å². The number of imide groups is 1. The van der Waals surface area contributed by atoms with Gasteiger partial charge >= 0.3 is 6.09 Å². The first-order valence-corrected chi connectivity index (χ1v) is 11.3. The number of amides is 5. The molecule has 0 saturated carbocycles. The molecule has 3 atom stereocenters. The number of hydrogen-bond donors (Lipinski definition) is 3. The van der Waals surface area contributed by atoms with Crippen molar-refractivity contribution in [2.75, 3.05) is 0 Å². The van der Waals surface area contributed by atoms with E-state index >= 15 is 0 Å². The molecule has 1 saturated heterocycles. The van der Waals surface area contributed by atoms with E-state index in [2.05, 4.69) is 10.6 Å². The molecule has 1 heterocycles. The lowest BCUT2D eigenvalue weighted by molar-refractivity contribution is -0.146. The summed E-state index contributed by atoms with van der Waals surface area (Å²) in [7, 11) is 0. The maximum absolute atomic E-state index is 13.0. The van der Waals surface area contributed by atoms with E-state index < -0.39 is 53.4 Å². The first-order chi connectivity index (χ1) is 15.8. The Morgan fingerprint density at radius 1 is 1.15 bits per heavy atom. The maximum atomic E-state index is 13.0. The lowest BCUT2D eigenvalue weighted by Crippen LogP contribution is -2.54. The first-order valence-electron chi connectivity index (χ1n) is 11.3. The Hall–Kier alpha value is -3.43. The molecule has 1 aliphatic heterocycles. The molecule has 0 aromatic heterocycles. The van der Waals surface area contributed by atoms with Gasteiger partial charge in [-0.05, 0) is 38.7 Å². The molecule has 3 unspecified atom stereocenters. The number of carbonyl (C=O) groups is 5. The number of nitrogens with zero attached hydrogens (tertiary/aromatic N) is 1. The van der Waals surface area contributed by atoms with E-state index in [1.165, 1.54) is 0 Å². The van der Waals surface area contributed by atoms with E-state index in [-0.39, 0.29) is 18.8 Å². The highest BCUT2D eigenvalue weighted by Crippen LogP contribution is 2.20. The van der Waals surface area contributed by atoms with Gasteiger partial charge in [0.25, 0.3) is 5.91 Å². The summed E-state index contributed by atoms with van der Waals surface area (Å²) in [4.78, 5) is 63.7. The van der Waals surface area contributed by atoms with Crippen LogP contribution in [0.2, 0.25) is 0 Å². The van der Waals surface area contributed by atoms with Crippen LogP contribution in [0.25, 0.3) is 0 Å². The van der Waals surface area contributed by atoms with Crippen LogP contribution in [0, 0.1) is 5.92 Å². The summed E-state index contributed by atoms with van der Waals surface area (Å²) in [6.45, 7) is 8.86. The highest BCUT2D eigenvalue weighted by Gasteiger charge is 2.45. The Labute approximate surface area is 199 Å². The highest BCUT2D eigenvalue weighted by atomic mass is 16.6. The van der Waals surface area contributed by atoms with Crippen molar-refractivity contribution in [3.8, 4) is 0 Å². The van der Waals surface area contributed by atoms with Gasteiger partial charge in [-0.1, -0.05) is 44.2 Å². The summed E-state index contributed by atoms with van der Waals surface area (Å²) < 4.78 is 5.23. The number of primary amides is 1. The fourth-order valence-electron chi connectivity index (χ4n) is 3.67. The number of nitrogens with two attached hydrogens (primary N) is 1. The van der Waals surface area contributed by atoms with Gasteiger partial charge in [0.15, 0.2) is 0 Å². The fraction of sp³-hybridized carbons (Fsp3) is 0.542. The van der Waals surface area contributed by atoms with Crippen molar-refractivity contribution in [3.05, 3.63) is 35.9 Å². The number of ether oxygens (including phenoxy) is 1. The maximum Gasteiger partial charge on any atom is 0.408 e. The van der Waals surface area contributed by atoms with Crippen molar-refractivity contribution in [1.82, 2.24) is 15.5 Å². The van der Waals surface area contributed by atoms with Gasteiger partial charge in [0.1, 0.15) is 23.7 Å². The van der Waals surface area contributed by atoms with E-state index in [9.17, 15) is 24.0 Å². The molecule has 0 radical (unpaired) electrons. The number of rotatable bonds is 9. The Balaban J connectivity index is 2.13. The molecule has 34 heavy (non-hydrogen) atoms. The number of benzene rings is 1. The largest absolute Gasteiger partial charge is 0.444 e. The van der Waals surface area contributed by atoms with Gasteiger partial charge < -0.3 is 21.1 Å². The smallest absolute Gasteiger partial charge is 0.408 e.